The monoisotopic (exact) mass is 246 g/mol. The van der Waals surface area contributed by atoms with E-state index in [-0.39, 0.29) is 24.7 Å². The number of carbonyl (C=O) groups excluding carboxylic acids is 1. The number of urea groups is 1. The van der Waals surface area contributed by atoms with E-state index in [1.807, 2.05) is 6.07 Å². The molecule has 2 amide bonds. The van der Waals surface area contributed by atoms with Crippen LogP contribution in [0.3, 0.4) is 0 Å². The number of amides is 2. The maximum atomic E-state index is 11.7. The van der Waals surface area contributed by atoms with Crippen molar-refractivity contribution >= 4 is 17.7 Å². The third-order valence-electron chi connectivity index (χ3n) is 2.62. The first kappa shape index (κ1) is 11.9. The molecule has 1 atom stereocenters. The molecule has 1 saturated heterocycles. The van der Waals surface area contributed by atoms with Crippen LogP contribution in [0.1, 0.15) is 12.1 Å². The van der Waals surface area contributed by atoms with Gasteiger partial charge in [0.1, 0.15) is 11.8 Å². The number of anilines is 1. The van der Waals surface area contributed by atoms with Crippen LogP contribution in [0.25, 0.3) is 0 Å². The highest BCUT2D eigenvalue weighted by atomic mass is 16.4. The van der Waals surface area contributed by atoms with E-state index in [9.17, 15) is 9.59 Å². The third-order valence-corrected chi connectivity index (χ3v) is 2.62. The van der Waals surface area contributed by atoms with Crippen molar-refractivity contribution in [3.05, 3.63) is 24.0 Å². The predicted molar refractivity (Wildman–Crippen MR) is 60.9 cm³/mol. The van der Waals surface area contributed by atoms with E-state index in [1.54, 1.807) is 6.07 Å². The normalized spacial score (nSPS) is 18.3. The first-order valence-corrected chi connectivity index (χ1v) is 5.27. The zero-order valence-corrected chi connectivity index (χ0v) is 9.33. The SMILES string of the molecule is N#Cc1cc(N2C(=O)NCC2CC(=O)O)ccn1. The summed E-state index contributed by atoms with van der Waals surface area (Å²) in [5, 5.41) is 20.1. The Kier molecular flexibility index (Phi) is 3.10. The molecule has 1 aromatic heterocycles. The summed E-state index contributed by atoms with van der Waals surface area (Å²) in [5.41, 5.74) is 0.657. The Morgan fingerprint density at radius 1 is 1.72 bits per heavy atom. The van der Waals surface area contributed by atoms with Gasteiger partial charge in [-0.3, -0.25) is 9.69 Å². The van der Waals surface area contributed by atoms with E-state index in [0.717, 1.165) is 0 Å². The molecule has 7 nitrogen and oxygen atoms in total. The maximum absolute atomic E-state index is 11.7. The lowest BCUT2D eigenvalue weighted by Gasteiger charge is -2.21. The van der Waals surface area contributed by atoms with E-state index >= 15 is 0 Å². The number of nitrogens with zero attached hydrogens (tertiary/aromatic N) is 3. The molecule has 1 fully saturated rings. The number of nitriles is 1. The van der Waals surface area contributed by atoms with Crippen LogP contribution in [-0.4, -0.2) is 34.7 Å². The average molecular weight is 246 g/mol. The minimum absolute atomic E-state index is 0.150. The lowest BCUT2D eigenvalue weighted by Crippen LogP contribution is -2.35. The molecular weight excluding hydrogens is 236 g/mol. The van der Waals surface area contributed by atoms with Gasteiger partial charge in [-0.15, -0.1) is 0 Å². The van der Waals surface area contributed by atoms with Crippen LogP contribution in [0.2, 0.25) is 0 Å². The van der Waals surface area contributed by atoms with Crippen molar-refractivity contribution in [2.45, 2.75) is 12.5 Å². The Morgan fingerprint density at radius 2 is 2.50 bits per heavy atom. The van der Waals surface area contributed by atoms with Gasteiger partial charge in [0, 0.05) is 12.7 Å². The number of aliphatic carboxylic acids is 1. The second-order valence-electron chi connectivity index (χ2n) is 3.82. The van der Waals surface area contributed by atoms with Crippen LogP contribution in [0.4, 0.5) is 10.5 Å². The number of carboxylic acid groups (broad SMARTS) is 1. The minimum Gasteiger partial charge on any atom is -0.481 e. The highest BCUT2D eigenvalue weighted by molar-refractivity contribution is 5.95. The molecule has 2 rings (SSSR count). The first-order valence-electron chi connectivity index (χ1n) is 5.27. The highest BCUT2D eigenvalue weighted by Gasteiger charge is 2.33. The van der Waals surface area contributed by atoms with Crippen molar-refractivity contribution in [2.24, 2.45) is 0 Å². The lowest BCUT2D eigenvalue weighted by atomic mass is 10.2. The van der Waals surface area contributed by atoms with Gasteiger partial charge in [0.25, 0.3) is 0 Å². The Balaban J connectivity index is 2.30. The molecule has 7 heteroatoms. The van der Waals surface area contributed by atoms with E-state index in [2.05, 4.69) is 10.3 Å². The fraction of sp³-hybridized carbons (Fsp3) is 0.273. The Hall–Kier alpha value is -2.62. The summed E-state index contributed by atoms with van der Waals surface area (Å²) in [7, 11) is 0. The van der Waals surface area contributed by atoms with Gasteiger partial charge in [-0.2, -0.15) is 5.26 Å². The summed E-state index contributed by atoms with van der Waals surface area (Å²) in [6.07, 6.45) is 1.26. The molecule has 92 valence electrons. The Morgan fingerprint density at radius 3 is 3.17 bits per heavy atom. The largest absolute Gasteiger partial charge is 0.481 e. The highest BCUT2D eigenvalue weighted by Crippen LogP contribution is 2.22. The number of nitrogens with one attached hydrogen (secondary N) is 1. The van der Waals surface area contributed by atoms with Gasteiger partial charge in [0.05, 0.1) is 18.2 Å². The molecule has 0 spiro atoms. The van der Waals surface area contributed by atoms with Gasteiger partial charge in [-0.1, -0.05) is 0 Å². The van der Waals surface area contributed by atoms with E-state index in [1.165, 1.54) is 17.2 Å². The zero-order valence-electron chi connectivity index (χ0n) is 9.33. The van der Waals surface area contributed by atoms with Crippen LogP contribution >= 0.6 is 0 Å². The minimum atomic E-state index is -0.976. The van der Waals surface area contributed by atoms with Crippen molar-refractivity contribution in [1.29, 1.82) is 5.26 Å². The molecule has 0 aromatic carbocycles. The zero-order chi connectivity index (χ0) is 13.1. The van der Waals surface area contributed by atoms with Crippen molar-refractivity contribution in [3.8, 4) is 6.07 Å². The molecule has 2 N–H and O–H groups in total. The molecule has 0 bridgehead atoms. The lowest BCUT2D eigenvalue weighted by molar-refractivity contribution is -0.137. The van der Waals surface area contributed by atoms with Gasteiger partial charge < -0.3 is 10.4 Å². The Labute approximate surface area is 103 Å². The van der Waals surface area contributed by atoms with Crippen LogP contribution in [0, 0.1) is 11.3 Å². The molecule has 0 aliphatic carbocycles. The summed E-state index contributed by atoms with van der Waals surface area (Å²) >= 11 is 0. The number of pyridine rings is 1. The van der Waals surface area contributed by atoms with Crippen LogP contribution in [0.15, 0.2) is 18.3 Å². The summed E-state index contributed by atoms with van der Waals surface area (Å²) in [4.78, 5) is 27.6. The van der Waals surface area contributed by atoms with Crippen molar-refractivity contribution < 1.29 is 14.7 Å². The second kappa shape index (κ2) is 4.71. The number of carbonyl (C=O) groups is 2. The van der Waals surface area contributed by atoms with Gasteiger partial charge in [-0.05, 0) is 12.1 Å². The molecule has 2 heterocycles. The number of hydrogen-bond donors (Lipinski definition) is 2. The summed E-state index contributed by atoms with van der Waals surface area (Å²) in [5.74, 6) is -0.976. The van der Waals surface area contributed by atoms with Crippen LogP contribution in [-0.2, 0) is 4.79 Å². The molecule has 0 saturated carbocycles. The molecule has 18 heavy (non-hydrogen) atoms. The fourth-order valence-electron chi connectivity index (χ4n) is 1.87. The summed E-state index contributed by atoms with van der Waals surface area (Å²) in [6.45, 7) is 0.273. The van der Waals surface area contributed by atoms with Crippen LogP contribution < -0.4 is 10.2 Å². The molecule has 1 aromatic rings. The van der Waals surface area contributed by atoms with Gasteiger partial charge in [0.2, 0.25) is 0 Å². The van der Waals surface area contributed by atoms with E-state index in [4.69, 9.17) is 10.4 Å². The average Bonchev–Trinajstić information content (AvgIpc) is 2.70. The number of hydrogen-bond acceptors (Lipinski definition) is 4. The molecule has 1 aliphatic heterocycles. The quantitative estimate of drug-likeness (QED) is 0.799. The van der Waals surface area contributed by atoms with Gasteiger partial charge in [-0.25, -0.2) is 9.78 Å². The third kappa shape index (κ3) is 2.22. The second-order valence-corrected chi connectivity index (χ2v) is 3.82. The standard InChI is InChI=1S/C11H10N4O3/c12-5-7-3-8(1-2-13-7)15-9(4-10(16)17)6-14-11(15)18/h1-3,9H,4,6H2,(H,14,18)(H,16,17). The summed E-state index contributed by atoms with van der Waals surface area (Å²) < 4.78 is 0. The number of rotatable bonds is 3. The van der Waals surface area contributed by atoms with Gasteiger partial charge in [0.15, 0.2) is 0 Å². The fourth-order valence-corrected chi connectivity index (χ4v) is 1.87. The maximum Gasteiger partial charge on any atom is 0.322 e. The van der Waals surface area contributed by atoms with Crippen molar-refractivity contribution in [2.75, 3.05) is 11.4 Å². The van der Waals surface area contributed by atoms with Gasteiger partial charge >= 0.3 is 12.0 Å². The number of aromatic nitrogens is 1. The number of carboxylic acids is 1. The van der Waals surface area contributed by atoms with Crippen LogP contribution in [0.5, 0.6) is 0 Å². The topological polar surface area (TPSA) is 106 Å². The molecule has 0 radical (unpaired) electrons. The van der Waals surface area contributed by atoms with E-state index < -0.39 is 12.0 Å². The molecule has 1 aliphatic rings. The first-order chi connectivity index (χ1) is 8.61. The Bertz CT molecular complexity index is 537. The molecule has 1 unspecified atom stereocenters. The summed E-state index contributed by atoms with van der Waals surface area (Å²) in [6, 6.07) is 4.08. The van der Waals surface area contributed by atoms with Crippen molar-refractivity contribution in [3.63, 3.8) is 0 Å². The van der Waals surface area contributed by atoms with Crippen molar-refractivity contribution in [1.82, 2.24) is 10.3 Å². The predicted octanol–water partition coefficient (Wildman–Crippen LogP) is 0.326. The van der Waals surface area contributed by atoms with E-state index in [0.29, 0.717) is 5.69 Å². The molecular formula is C11H10N4O3. The smallest absolute Gasteiger partial charge is 0.322 e.